The molecule has 0 aromatic heterocycles. The van der Waals surface area contributed by atoms with Gasteiger partial charge in [-0.3, -0.25) is 4.79 Å². The van der Waals surface area contributed by atoms with E-state index in [0.717, 1.165) is 5.56 Å². The number of aliphatic carboxylic acids is 1. The van der Waals surface area contributed by atoms with E-state index in [1.54, 1.807) is 18.2 Å². The van der Waals surface area contributed by atoms with Gasteiger partial charge in [-0.25, -0.2) is 4.79 Å². The number of aliphatic hydroxyl groups excluding tert-OH is 1. The number of Topliss-reactive ketones (excluding diaryl/α,β-unsaturated/α-hetero) is 1. The Hall–Kier alpha value is -0.720. The molecule has 1 aromatic carbocycles. The fraction of sp³-hybridized carbons (Fsp3) is 0.333. The van der Waals surface area contributed by atoms with Crippen molar-refractivity contribution in [2.24, 2.45) is 0 Å². The lowest BCUT2D eigenvalue weighted by Crippen LogP contribution is -2.14. The molecule has 0 bridgehead atoms. The number of hydrogen-bond donors (Lipinski definition) is 2. The Balaban J connectivity index is 3.17. The average molecular weight is 380 g/mol. The second-order valence-electron chi connectivity index (χ2n) is 3.71. The first kappa shape index (κ1) is 15.3. The van der Waals surface area contributed by atoms with E-state index in [0.29, 0.717) is 16.5 Å². The van der Waals surface area contributed by atoms with Crippen LogP contribution in [0.5, 0.6) is 0 Å². The number of halogens is 2. The van der Waals surface area contributed by atoms with Crippen molar-refractivity contribution in [1.82, 2.24) is 0 Å². The number of carbonyl (C=O) groups excluding carboxylic acids is 1. The second-order valence-corrected chi connectivity index (χ2v) is 4.83. The third kappa shape index (κ3) is 3.63. The summed E-state index contributed by atoms with van der Waals surface area (Å²) in [5.41, 5.74) is 1.70. The van der Waals surface area contributed by atoms with Crippen LogP contribution in [0.1, 0.15) is 22.8 Å². The van der Waals surface area contributed by atoms with Gasteiger partial charge in [0.05, 0.1) is 5.33 Å². The van der Waals surface area contributed by atoms with Crippen molar-refractivity contribution < 1.29 is 19.8 Å². The number of carboxylic acids is 1. The Bertz CT molecular complexity index is 459. The molecular formula is C12H12Br2O4. The van der Waals surface area contributed by atoms with Crippen molar-refractivity contribution >= 4 is 43.6 Å². The van der Waals surface area contributed by atoms with Crippen LogP contribution in [-0.2, 0) is 21.3 Å². The van der Waals surface area contributed by atoms with Crippen LogP contribution in [0.15, 0.2) is 18.2 Å². The van der Waals surface area contributed by atoms with Crippen LogP contribution in [0.4, 0.5) is 0 Å². The van der Waals surface area contributed by atoms with Crippen molar-refractivity contribution in [3.63, 3.8) is 0 Å². The summed E-state index contributed by atoms with van der Waals surface area (Å²) in [4.78, 5) is 22.2. The van der Waals surface area contributed by atoms with Gasteiger partial charge in [0.15, 0.2) is 6.10 Å². The summed E-state index contributed by atoms with van der Waals surface area (Å²) < 4.78 is 0. The number of ketones is 1. The van der Waals surface area contributed by atoms with E-state index in [4.69, 9.17) is 5.11 Å². The lowest BCUT2D eigenvalue weighted by Gasteiger charge is -2.14. The smallest absolute Gasteiger partial charge is 0.337 e. The van der Waals surface area contributed by atoms with E-state index in [9.17, 15) is 14.7 Å². The monoisotopic (exact) mass is 378 g/mol. The van der Waals surface area contributed by atoms with Crippen molar-refractivity contribution in [1.29, 1.82) is 0 Å². The Morgan fingerprint density at radius 2 is 1.94 bits per heavy atom. The minimum atomic E-state index is -1.57. The molecule has 4 nitrogen and oxygen atoms in total. The van der Waals surface area contributed by atoms with Gasteiger partial charge in [-0.05, 0) is 16.7 Å². The number of hydrogen-bond acceptors (Lipinski definition) is 3. The molecule has 0 fully saturated rings. The highest BCUT2D eigenvalue weighted by molar-refractivity contribution is 9.09. The van der Waals surface area contributed by atoms with E-state index < -0.39 is 12.1 Å². The highest BCUT2D eigenvalue weighted by Crippen LogP contribution is 2.25. The minimum absolute atomic E-state index is 0.000773. The standard InChI is InChI=1S/C12H12Br2O4/c13-5-8(15)4-7-2-1-3-9(10(7)6-14)11(16)12(17)18/h1-3,11,16H,4-6H2,(H,17,18). The number of carboxylic acid groups (broad SMARTS) is 1. The summed E-state index contributed by atoms with van der Waals surface area (Å²) >= 11 is 6.35. The molecule has 1 unspecified atom stereocenters. The third-order valence-electron chi connectivity index (χ3n) is 2.51. The maximum atomic E-state index is 11.4. The van der Waals surface area contributed by atoms with Gasteiger partial charge >= 0.3 is 5.97 Å². The first-order valence-electron chi connectivity index (χ1n) is 5.16. The van der Waals surface area contributed by atoms with E-state index in [1.807, 2.05) is 0 Å². The third-order valence-corrected chi connectivity index (χ3v) is 3.69. The van der Waals surface area contributed by atoms with Gasteiger partial charge in [0.2, 0.25) is 0 Å². The van der Waals surface area contributed by atoms with Crippen LogP contribution in [-0.4, -0.2) is 27.3 Å². The fourth-order valence-electron chi connectivity index (χ4n) is 1.63. The van der Waals surface area contributed by atoms with Crippen LogP contribution in [0, 0.1) is 0 Å². The summed E-state index contributed by atoms with van der Waals surface area (Å²) in [5, 5.41) is 19.1. The van der Waals surface area contributed by atoms with Crippen LogP contribution >= 0.6 is 31.9 Å². The van der Waals surface area contributed by atoms with Crippen molar-refractivity contribution in [2.75, 3.05) is 5.33 Å². The van der Waals surface area contributed by atoms with Crippen LogP contribution in [0.2, 0.25) is 0 Å². The predicted molar refractivity (Wildman–Crippen MR) is 74.2 cm³/mol. The molecule has 6 heteroatoms. The Morgan fingerprint density at radius 3 is 2.44 bits per heavy atom. The second kappa shape index (κ2) is 7.01. The maximum absolute atomic E-state index is 11.4. The van der Waals surface area contributed by atoms with Gasteiger partial charge in [0.25, 0.3) is 0 Å². The lowest BCUT2D eigenvalue weighted by molar-refractivity contribution is -0.147. The molecule has 1 atom stereocenters. The molecule has 0 aliphatic carbocycles. The van der Waals surface area contributed by atoms with E-state index >= 15 is 0 Å². The Morgan fingerprint density at radius 1 is 1.28 bits per heavy atom. The van der Waals surface area contributed by atoms with Crippen LogP contribution in [0.25, 0.3) is 0 Å². The number of aliphatic hydroxyl groups is 1. The molecule has 0 spiro atoms. The summed E-state index contributed by atoms with van der Waals surface area (Å²) in [5.74, 6) is -1.31. The molecule has 1 rings (SSSR count). The molecule has 0 saturated heterocycles. The zero-order chi connectivity index (χ0) is 13.7. The number of alkyl halides is 2. The zero-order valence-corrected chi connectivity index (χ0v) is 12.6. The Labute approximate surface area is 121 Å². The molecule has 0 saturated carbocycles. The SMILES string of the molecule is O=C(CBr)Cc1cccc(C(O)C(=O)O)c1CBr. The summed E-state index contributed by atoms with van der Waals surface area (Å²) in [6, 6.07) is 4.96. The lowest BCUT2D eigenvalue weighted by atomic mass is 9.95. The van der Waals surface area contributed by atoms with E-state index in [-0.39, 0.29) is 17.5 Å². The van der Waals surface area contributed by atoms with Crippen molar-refractivity contribution in [3.05, 3.63) is 34.9 Å². The highest BCUT2D eigenvalue weighted by Gasteiger charge is 2.21. The van der Waals surface area contributed by atoms with Crippen LogP contribution < -0.4 is 0 Å². The average Bonchev–Trinajstić information content (AvgIpc) is 2.37. The van der Waals surface area contributed by atoms with Gasteiger partial charge in [0.1, 0.15) is 5.78 Å². The summed E-state index contributed by atoms with van der Waals surface area (Å²) in [7, 11) is 0. The molecule has 0 aliphatic rings. The van der Waals surface area contributed by atoms with Gasteiger partial charge < -0.3 is 10.2 Å². The normalized spacial score (nSPS) is 12.2. The van der Waals surface area contributed by atoms with E-state index in [1.165, 1.54) is 0 Å². The molecular weight excluding hydrogens is 368 g/mol. The topological polar surface area (TPSA) is 74.6 Å². The van der Waals surface area contributed by atoms with Gasteiger partial charge in [-0.15, -0.1) is 0 Å². The molecule has 0 aliphatic heterocycles. The number of benzene rings is 1. The first-order chi connectivity index (χ1) is 8.51. The summed E-state index contributed by atoms with van der Waals surface area (Å²) in [6.45, 7) is 0. The molecule has 2 N–H and O–H groups in total. The van der Waals surface area contributed by atoms with Gasteiger partial charge in [0, 0.05) is 11.8 Å². The fourth-order valence-corrected chi connectivity index (χ4v) is 2.51. The highest BCUT2D eigenvalue weighted by atomic mass is 79.9. The Kier molecular flexibility index (Phi) is 5.98. The molecule has 0 heterocycles. The zero-order valence-electron chi connectivity index (χ0n) is 9.40. The quantitative estimate of drug-likeness (QED) is 0.743. The van der Waals surface area contributed by atoms with E-state index in [2.05, 4.69) is 31.9 Å². The summed E-state index contributed by atoms with van der Waals surface area (Å²) in [6.07, 6.45) is -1.36. The molecule has 1 aromatic rings. The number of carbonyl (C=O) groups is 2. The number of rotatable bonds is 6. The maximum Gasteiger partial charge on any atom is 0.337 e. The first-order valence-corrected chi connectivity index (χ1v) is 7.40. The molecule has 18 heavy (non-hydrogen) atoms. The van der Waals surface area contributed by atoms with Gasteiger partial charge in [-0.1, -0.05) is 50.1 Å². The molecule has 98 valence electrons. The molecule has 0 amide bonds. The van der Waals surface area contributed by atoms with Crippen molar-refractivity contribution in [3.8, 4) is 0 Å². The largest absolute Gasteiger partial charge is 0.479 e. The predicted octanol–water partition coefficient (Wildman–Crippen LogP) is 2.21. The molecule has 0 radical (unpaired) electrons. The minimum Gasteiger partial charge on any atom is -0.479 e. The van der Waals surface area contributed by atoms with Crippen LogP contribution in [0.3, 0.4) is 0 Å². The van der Waals surface area contributed by atoms with Crippen molar-refractivity contribution in [2.45, 2.75) is 17.9 Å². The van der Waals surface area contributed by atoms with Gasteiger partial charge in [-0.2, -0.15) is 0 Å².